The van der Waals surface area contributed by atoms with E-state index in [0.717, 1.165) is 11.3 Å². The predicted molar refractivity (Wildman–Crippen MR) is 98.3 cm³/mol. The molecule has 1 atom stereocenters. The number of nitrogens with one attached hydrogen (secondary N) is 1. The zero-order valence-corrected chi connectivity index (χ0v) is 15.3. The van der Waals surface area contributed by atoms with E-state index in [9.17, 15) is 13.2 Å². The summed E-state index contributed by atoms with van der Waals surface area (Å²) in [6.45, 7) is 3.45. The average Bonchev–Trinajstić information content (AvgIpc) is 2.60. The van der Waals surface area contributed by atoms with Gasteiger partial charge in [0, 0.05) is 6.54 Å². The smallest absolute Gasteiger partial charge is 0.238 e. The maximum Gasteiger partial charge on any atom is 0.238 e. The molecule has 1 unspecified atom stereocenters. The van der Waals surface area contributed by atoms with E-state index in [1.54, 1.807) is 6.92 Å². The highest BCUT2D eigenvalue weighted by atomic mass is 32.2. The Kier molecular flexibility index (Phi) is 6.58. The van der Waals surface area contributed by atoms with E-state index >= 15 is 0 Å². The van der Waals surface area contributed by atoms with E-state index < -0.39 is 21.0 Å². The maximum atomic E-state index is 12.1. The van der Waals surface area contributed by atoms with Gasteiger partial charge in [0.15, 0.2) is 9.84 Å². The first kappa shape index (κ1) is 19.0. The highest BCUT2D eigenvalue weighted by Crippen LogP contribution is 2.21. The van der Waals surface area contributed by atoms with E-state index in [1.165, 1.54) is 6.92 Å². The number of hydrogen-bond donors (Lipinski definition) is 1. The second-order valence-electron chi connectivity index (χ2n) is 5.79. The number of para-hydroxylation sites is 1. The van der Waals surface area contributed by atoms with E-state index in [2.05, 4.69) is 5.32 Å². The molecule has 2 rings (SSSR count). The molecule has 5 nitrogen and oxygen atoms in total. The molecule has 0 fully saturated rings. The summed E-state index contributed by atoms with van der Waals surface area (Å²) < 4.78 is 29.7. The number of carbonyl (C=O) groups is 1. The average molecular weight is 361 g/mol. The Hall–Kier alpha value is -2.34. The van der Waals surface area contributed by atoms with Gasteiger partial charge in [-0.15, -0.1) is 0 Å². The van der Waals surface area contributed by atoms with Gasteiger partial charge in [0.2, 0.25) is 5.91 Å². The molecule has 0 bridgehead atoms. The van der Waals surface area contributed by atoms with Gasteiger partial charge in [0.05, 0.1) is 5.75 Å². The third kappa shape index (κ3) is 5.60. The Labute approximate surface area is 148 Å². The standard InChI is InChI=1S/C19H23NO4S/c1-3-12-25(22,23)15(2)19(21)20-14-16-8-7-11-18(13-16)24-17-9-5-4-6-10-17/h4-11,13,15H,3,12,14H2,1-2H3,(H,20,21). The molecule has 1 N–H and O–H groups in total. The van der Waals surface area contributed by atoms with Crippen LogP contribution in [-0.2, 0) is 21.2 Å². The molecule has 0 aromatic heterocycles. The Bertz CT molecular complexity index is 803. The monoisotopic (exact) mass is 361 g/mol. The van der Waals surface area contributed by atoms with E-state index in [0.29, 0.717) is 12.2 Å². The van der Waals surface area contributed by atoms with Gasteiger partial charge in [-0.1, -0.05) is 37.3 Å². The fraction of sp³-hybridized carbons (Fsp3) is 0.316. The molecule has 2 aromatic carbocycles. The molecule has 6 heteroatoms. The van der Waals surface area contributed by atoms with Crippen LogP contribution in [0, 0.1) is 0 Å². The summed E-state index contributed by atoms with van der Waals surface area (Å²) in [4.78, 5) is 12.1. The van der Waals surface area contributed by atoms with Crippen LogP contribution in [0.15, 0.2) is 54.6 Å². The van der Waals surface area contributed by atoms with E-state index in [1.807, 2.05) is 54.6 Å². The Morgan fingerprint density at radius 3 is 2.44 bits per heavy atom. The van der Waals surface area contributed by atoms with Crippen LogP contribution in [0.3, 0.4) is 0 Å². The van der Waals surface area contributed by atoms with Crippen molar-refractivity contribution < 1.29 is 17.9 Å². The minimum absolute atomic E-state index is 0.0159. The van der Waals surface area contributed by atoms with Gasteiger partial charge in [0.1, 0.15) is 16.7 Å². The summed E-state index contributed by atoms with van der Waals surface area (Å²) in [7, 11) is -3.40. The summed E-state index contributed by atoms with van der Waals surface area (Å²) in [6.07, 6.45) is 0.499. The number of benzene rings is 2. The topological polar surface area (TPSA) is 72.5 Å². The summed E-state index contributed by atoms with van der Waals surface area (Å²) in [5.74, 6) is 0.914. The highest BCUT2D eigenvalue weighted by Gasteiger charge is 2.26. The first-order valence-electron chi connectivity index (χ1n) is 8.23. The van der Waals surface area contributed by atoms with Crippen LogP contribution < -0.4 is 10.1 Å². The van der Waals surface area contributed by atoms with Crippen molar-refractivity contribution in [3.63, 3.8) is 0 Å². The van der Waals surface area contributed by atoms with Gasteiger partial charge >= 0.3 is 0 Å². The van der Waals surface area contributed by atoms with Gasteiger partial charge in [-0.25, -0.2) is 8.42 Å². The van der Waals surface area contributed by atoms with Crippen LogP contribution in [0.4, 0.5) is 0 Å². The zero-order chi connectivity index (χ0) is 18.3. The predicted octanol–water partition coefficient (Wildman–Crippen LogP) is 3.31. The molecular formula is C19H23NO4S. The van der Waals surface area contributed by atoms with Crippen molar-refractivity contribution in [1.29, 1.82) is 0 Å². The third-order valence-corrected chi connectivity index (χ3v) is 6.01. The third-order valence-electron chi connectivity index (χ3n) is 3.74. The summed E-state index contributed by atoms with van der Waals surface area (Å²) in [5.41, 5.74) is 0.835. The molecule has 0 saturated carbocycles. The number of carbonyl (C=O) groups excluding carboxylic acids is 1. The molecule has 0 spiro atoms. The second kappa shape index (κ2) is 8.67. The normalized spacial score (nSPS) is 12.4. The van der Waals surface area contributed by atoms with Crippen molar-refractivity contribution in [2.24, 2.45) is 0 Å². The molecular weight excluding hydrogens is 338 g/mol. The van der Waals surface area contributed by atoms with Crippen LogP contribution in [0.5, 0.6) is 11.5 Å². The molecule has 0 radical (unpaired) electrons. The molecule has 0 aliphatic heterocycles. The second-order valence-corrected chi connectivity index (χ2v) is 8.23. The highest BCUT2D eigenvalue weighted by molar-refractivity contribution is 7.92. The lowest BCUT2D eigenvalue weighted by Crippen LogP contribution is -2.38. The molecule has 134 valence electrons. The van der Waals surface area contributed by atoms with Crippen LogP contribution in [-0.4, -0.2) is 25.3 Å². The Morgan fingerprint density at radius 2 is 1.76 bits per heavy atom. The Balaban J connectivity index is 1.97. The lowest BCUT2D eigenvalue weighted by atomic mass is 10.2. The van der Waals surface area contributed by atoms with Gasteiger partial charge in [-0.2, -0.15) is 0 Å². The first-order valence-corrected chi connectivity index (χ1v) is 9.95. The molecule has 0 aliphatic carbocycles. The van der Waals surface area contributed by atoms with Crippen molar-refractivity contribution in [2.75, 3.05) is 5.75 Å². The number of ether oxygens (including phenoxy) is 1. The van der Waals surface area contributed by atoms with Gasteiger partial charge < -0.3 is 10.1 Å². The van der Waals surface area contributed by atoms with Crippen molar-refractivity contribution in [3.8, 4) is 11.5 Å². The zero-order valence-electron chi connectivity index (χ0n) is 14.4. The van der Waals surface area contributed by atoms with Crippen LogP contribution in [0.25, 0.3) is 0 Å². The van der Waals surface area contributed by atoms with Crippen LogP contribution in [0.2, 0.25) is 0 Å². The molecule has 2 aromatic rings. The number of rotatable bonds is 8. The van der Waals surface area contributed by atoms with E-state index in [4.69, 9.17) is 4.74 Å². The molecule has 25 heavy (non-hydrogen) atoms. The first-order chi connectivity index (χ1) is 11.9. The number of hydrogen-bond acceptors (Lipinski definition) is 4. The minimum Gasteiger partial charge on any atom is -0.457 e. The SMILES string of the molecule is CCCS(=O)(=O)C(C)C(=O)NCc1cccc(Oc2ccccc2)c1. The Morgan fingerprint density at radius 1 is 1.08 bits per heavy atom. The maximum absolute atomic E-state index is 12.1. The quantitative estimate of drug-likeness (QED) is 0.783. The van der Waals surface area contributed by atoms with Crippen molar-refractivity contribution >= 4 is 15.7 Å². The lowest BCUT2D eigenvalue weighted by Gasteiger charge is -2.13. The molecule has 1 amide bonds. The minimum atomic E-state index is -3.40. The van der Waals surface area contributed by atoms with Gasteiger partial charge in [-0.05, 0) is 43.2 Å². The number of amides is 1. The number of sulfone groups is 1. The fourth-order valence-corrected chi connectivity index (χ4v) is 3.63. The van der Waals surface area contributed by atoms with Crippen LogP contribution in [0.1, 0.15) is 25.8 Å². The summed E-state index contributed by atoms with van der Waals surface area (Å²) in [5, 5.41) is 1.64. The van der Waals surface area contributed by atoms with Gasteiger partial charge in [0.25, 0.3) is 0 Å². The van der Waals surface area contributed by atoms with Crippen molar-refractivity contribution in [1.82, 2.24) is 5.32 Å². The van der Waals surface area contributed by atoms with Crippen molar-refractivity contribution in [3.05, 3.63) is 60.2 Å². The molecule has 0 saturated heterocycles. The van der Waals surface area contributed by atoms with Crippen molar-refractivity contribution in [2.45, 2.75) is 32.1 Å². The lowest BCUT2D eigenvalue weighted by molar-refractivity contribution is -0.120. The van der Waals surface area contributed by atoms with E-state index in [-0.39, 0.29) is 12.3 Å². The summed E-state index contributed by atoms with van der Waals surface area (Å²) in [6, 6.07) is 16.7. The van der Waals surface area contributed by atoms with Gasteiger partial charge in [-0.3, -0.25) is 4.79 Å². The largest absolute Gasteiger partial charge is 0.457 e. The summed E-state index contributed by atoms with van der Waals surface area (Å²) >= 11 is 0. The van der Waals surface area contributed by atoms with Crippen LogP contribution >= 0.6 is 0 Å². The fourth-order valence-electron chi connectivity index (χ4n) is 2.30. The molecule has 0 heterocycles. The molecule has 0 aliphatic rings.